The topological polar surface area (TPSA) is 71.4 Å². The molecule has 11 heavy (non-hydrogen) atoms. The molecule has 0 spiro atoms. The van der Waals surface area contributed by atoms with Crippen molar-refractivity contribution in [1.82, 2.24) is 0 Å². The van der Waals surface area contributed by atoms with Gasteiger partial charge in [0.2, 0.25) is 0 Å². The molecule has 0 aromatic heterocycles. The fourth-order valence-electron chi connectivity index (χ4n) is 0. The molecule has 0 fully saturated rings. The summed E-state index contributed by atoms with van der Waals surface area (Å²) in [5.41, 5.74) is 0. The Hall–Kier alpha value is 1.12. The maximum absolute atomic E-state index is 7.64. The van der Waals surface area contributed by atoms with Gasteiger partial charge in [0.25, 0.3) is 0 Å². The first-order valence-electron chi connectivity index (χ1n) is 1.57. The van der Waals surface area contributed by atoms with Crippen molar-refractivity contribution in [3.63, 3.8) is 0 Å². The zero-order chi connectivity index (χ0) is 8.83. The van der Waals surface area contributed by atoms with Gasteiger partial charge in [-0.05, 0) is 0 Å². The molecular formula is C3CdHgN3S3. The summed E-state index contributed by atoms with van der Waals surface area (Å²) in [6, 6.07) is 0. The average Bonchev–Trinajstić information content (AvgIpc) is 1.91. The van der Waals surface area contributed by atoms with Gasteiger partial charge in [-0.1, -0.05) is 10.8 Å². The second-order valence-corrected chi connectivity index (χ2v) is 4.62. The standard InChI is InChI=1S/3CHNS.Cd.Hg/c3*2-1-3;;/h3*3H;;/q;;;+2;+1/p-3. The molecule has 0 aromatic carbocycles. The third-order valence-corrected chi connectivity index (χ3v) is 1.70. The Kier molecular flexibility index (Phi) is 89.8. The van der Waals surface area contributed by atoms with Gasteiger partial charge in [-0.3, -0.25) is 0 Å². The quantitative estimate of drug-likeness (QED) is 0.285. The van der Waals surface area contributed by atoms with Crippen LogP contribution >= 0.6 is 8.24 Å². The Balaban J connectivity index is -0.0000000325. The maximum Gasteiger partial charge on any atom is 2.00 e. The van der Waals surface area contributed by atoms with Crippen LogP contribution < -0.4 is 0 Å². The van der Waals surface area contributed by atoms with E-state index in [1.807, 2.05) is 5.40 Å². The summed E-state index contributed by atoms with van der Waals surface area (Å²) in [6.45, 7) is 0. The molecule has 3 nitrogen and oxygen atoms in total. The summed E-state index contributed by atoms with van der Waals surface area (Å²) >= 11 is 8.03. The Labute approximate surface area is 116 Å². The van der Waals surface area contributed by atoms with Gasteiger partial charge < -0.3 is 25.3 Å². The molecule has 0 amide bonds. The average molecular weight is 487 g/mol. The Morgan fingerprint density at radius 3 is 1.18 bits per heavy atom. The first-order chi connectivity index (χ1) is 4.74. The molecule has 0 rings (SSSR count). The van der Waals surface area contributed by atoms with Crippen molar-refractivity contribution in [1.29, 1.82) is 15.8 Å². The van der Waals surface area contributed by atoms with E-state index in [9.17, 15) is 0 Å². The Bertz CT molecular complexity index is 145. The normalized spacial score (nSPS) is 3.18. The molecule has 8 heteroatoms. The molecule has 0 heterocycles. The summed E-state index contributed by atoms with van der Waals surface area (Å²) in [5, 5.41) is 26.5. The zero-order valence-corrected chi connectivity index (χ0v) is 17.5. The van der Waals surface area contributed by atoms with Crippen molar-refractivity contribution in [3.05, 3.63) is 0 Å². The predicted octanol–water partition coefficient (Wildman–Crippen LogP) is 0.689. The van der Waals surface area contributed by atoms with Gasteiger partial charge in [0.05, 0.1) is 0 Å². The summed E-state index contributed by atoms with van der Waals surface area (Å²) in [7, 11) is 1.36. The first-order valence-corrected chi connectivity index (χ1v) is 10.1. The number of nitrogens with zero attached hydrogens (tertiary/aromatic N) is 3. The SMILES string of the molecule is N#C[S-].N#C[S-].N#C[S][Hg].[Cd+2]. The first kappa shape index (κ1) is 22.7. The number of thiocyanates is 3. The van der Waals surface area contributed by atoms with Crippen LogP contribution in [0, 0.1) is 32.0 Å². The van der Waals surface area contributed by atoms with Crippen LogP contribution in [0.1, 0.15) is 0 Å². The van der Waals surface area contributed by atoms with Crippen LogP contribution in [0.2, 0.25) is 0 Å². The molecule has 0 bridgehead atoms. The van der Waals surface area contributed by atoms with Crippen molar-refractivity contribution in [2.24, 2.45) is 0 Å². The van der Waals surface area contributed by atoms with Crippen molar-refractivity contribution in [2.75, 3.05) is 0 Å². The molecule has 0 radical (unpaired) electrons. The van der Waals surface area contributed by atoms with E-state index in [4.69, 9.17) is 15.8 Å². The van der Waals surface area contributed by atoms with Crippen LogP contribution in [-0.2, 0) is 77.2 Å². The molecular weight excluding hydrogens is 487 g/mol. The number of rotatable bonds is 0. The predicted molar refractivity (Wildman–Crippen MR) is 39.2 cm³/mol. The van der Waals surface area contributed by atoms with E-state index in [0.29, 0.717) is 24.6 Å². The van der Waals surface area contributed by atoms with E-state index in [1.54, 1.807) is 0 Å². The van der Waals surface area contributed by atoms with E-state index in [2.05, 4.69) is 25.3 Å². The van der Waals surface area contributed by atoms with Crippen LogP contribution in [-0.4, -0.2) is 0 Å². The second kappa shape index (κ2) is 43.5. The van der Waals surface area contributed by atoms with Gasteiger partial charge in [-0.2, -0.15) is 0 Å². The van der Waals surface area contributed by atoms with Crippen LogP contribution in [0.25, 0.3) is 0 Å². The molecule has 0 aromatic rings. The summed E-state index contributed by atoms with van der Waals surface area (Å²) < 4.78 is 0. The van der Waals surface area contributed by atoms with Gasteiger partial charge in [0.1, 0.15) is 0 Å². The van der Waals surface area contributed by atoms with E-state index >= 15 is 0 Å². The maximum atomic E-state index is 7.64. The van der Waals surface area contributed by atoms with E-state index < -0.39 is 0 Å². The van der Waals surface area contributed by atoms with Crippen molar-refractivity contribution >= 4 is 33.5 Å². The van der Waals surface area contributed by atoms with Crippen molar-refractivity contribution in [2.45, 2.75) is 0 Å². The summed E-state index contributed by atoms with van der Waals surface area (Å²) in [4.78, 5) is 0. The largest absolute Gasteiger partial charge is 2.00 e. The fraction of sp³-hybridized carbons (Fsp3) is 0. The molecule has 0 saturated carbocycles. The summed E-state index contributed by atoms with van der Waals surface area (Å²) in [5.74, 6) is 0. The van der Waals surface area contributed by atoms with E-state index in [-0.39, 0.29) is 27.3 Å². The minimum atomic E-state index is 0. The number of hydrogen-bond donors (Lipinski definition) is 0. The molecule has 0 unspecified atom stereocenters. The minimum Gasteiger partial charge on any atom is 2.00 e. The van der Waals surface area contributed by atoms with Gasteiger partial charge in [0.15, 0.2) is 0 Å². The molecule has 0 saturated heterocycles. The molecule has 0 aliphatic heterocycles. The van der Waals surface area contributed by atoms with Crippen LogP contribution in [0.15, 0.2) is 0 Å². The fourth-order valence-corrected chi connectivity index (χ4v) is 0. The third kappa shape index (κ3) is 206. The Morgan fingerprint density at radius 1 is 1.09 bits per heavy atom. The monoisotopic (exact) mass is 490 g/mol. The second-order valence-electron chi connectivity index (χ2n) is 0.418. The van der Waals surface area contributed by atoms with Crippen LogP contribution in [0.3, 0.4) is 0 Å². The molecule has 0 atom stereocenters. The van der Waals surface area contributed by atoms with E-state index in [0.717, 1.165) is 0 Å². The van der Waals surface area contributed by atoms with E-state index in [1.165, 1.54) is 19.0 Å². The number of nitriles is 3. The van der Waals surface area contributed by atoms with Crippen molar-refractivity contribution in [3.8, 4) is 16.2 Å². The third-order valence-electron chi connectivity index (χ3n) is 0.0645. The molecule has 49 valence electrons. The molecule has 0 N–H and O–H groups in total. The summed E-state index contributed by atoms with van der Waals surface area (Å²) in [6.07, 6.45) is 0. The smallest absolute Gasteiger partial charge is 2.00 e. The van der Waals surface area contributed by atoms with Gasteiger partial charge in [0, 0.05) is 0 Å². The molecule has 0 aliphatic carbocycles. The van der Waals surface area contributed by atoms with Gasteiger partial charge >= 0.3 is 70.8 Å². The van der Waals surface area contributed by atoms with Crippen LogP contribution in [0.5, 0.6) is 0 Å². The zero-order valence-electron chi connectivity index (χ0n) is 5.48. The van der Waals surface area contributed by atoms with Gasteiger partial charge in [-0.15, -0.1) is 0 Å². The molecule has 0 aliphatic rings. The van der Waals surface area contributed by atoms with Crippen LogP contribution in [0.4, 0.5) is 0 Å². The number of hydrogen-bond acceptors (Lipinski definition) is 6. The Morgan fingerprint density at radius 2 is 1.18 bits per heavy atom. The van der Waals surface area contributed by atoms with Crippen molar-refractivity contribution < 1.29 is 51.9 Å². The van der Waals surface area contributed by atoms with Gasteiger partial charge in [-0.25, -0.2) is 10.5 Å². The minimum absolute atomic E-state index is 0.